The van der Waals surface area contributed by atoms with E-state index < -0.39 is 0 Å². The molecule has 0 N–H and O–H groups in total. The summed E-state index contributed by atoms with van der Waals surface area (Å²) in [5, 5.41) is 13.0. The smallest absolute Gasteiger partial charge is 0.0619 e. The van der Waals surface area contributed by atoms with Crippen molar-refractivity contribution in [3.63, 3.8) is 0 Å². The largest absolute Gasteiger partial charge is 0.343 e. The van der Waals surface area contributed by atoms with Crippen LogP contribution < -0.4 is 0 Å². The zero-order chi connectivity index (χ0) is 91.5. The Morgan fingerprint density at radius 2 is 0.368 bits per heavy atom. The molecular formula is C131H99N5. The van der Waals surface area contributed by atoms with E-state index in [-0.39, 0.29) is 0 Å². The van der Waals surface area contributed by atoms with Crippen LogP contribution in [0.4, 0.5) is 0 Å². The summed E-state index contributed by atoms with van der Waals surface area (Å²) >= 11 is 0. The first-order valence-electron chi connectivity index (χ1n) is 46.9. The normalized spacial score (nSPS) is 11.3. The molecule has 0 saturated carbocycles. The molecule has 0 radical (unpaired) electrons. The van der Waals surface area contributed by atoms with E-state index in [2.05, 4.69) is 567 Å². The van der Waals surface area contributed by atoms with Gasteiger partial charge in [-0.2, -0.15) is 0 Å². The Hall–Kier alpha value is -17.4. The van der Waals surface area contributed by atoms with E-state index in [1.54, 1.807) is 0 Å². The highest BCUT2D eigenvalue weighted by Gasteiger charge is 2.22. The van der Waals surface area contributed by atoms with Crippen molar-refractivity contribution in [2.24, 2.45) is 14.1 Å². The fourth-order valence-electron chi connectivity index (χ4n) is 20.3. The van der Waals surface area contributed by atoms with Gasteiger partial charge in [0.05, 0.1) is 44.1 Å². The molecule has 5 heteroatoms. The topological polar surface area (TPSA) is 24.6 Å². The summed E-state index contributed by atoms with van der Waals surface area (Å²) in [6, 6.07) is 182. The van der Waals surface area contributed by atoms with Crippen molar-refractivity contribution in [3.8, 4) is 106 Å². The molecule has 0 unspecified atom stereocenters. The Kier molecular flexibility index (Phi) is 23.0. The Bertz CT molecular complexity index is 8780. The number of fused-ring (bicyclic) bond motifs is 15. The molecule has 5 heterocycles. The molecule has 0 aliphatic carbocycles. The number of aryl methyl sites for hydroxylation is 5. The van der Waals surface area contributed by atoms with Gasteiger partial charge in [0, 0.05) is 118 Å². The Morgan fingerprint density at radius 3 is 0.743 bits per heavy atom. The SMILES string of the molecule is Cc1ccc(-n2c3ccccc3c3cccc(-c4ccc(-c5ccccc5)cc4)c32)cc1.Cc1cccc(-c2cccc(-n3c4ccccc4c4ccccc43)c2)c1.Cc1cccc(-n2c3ccccc3c3cccc(-c4ccc(-c5ccccc5)cc4)c32)c1.Cn1c2ccccc2c2cccc(-c3ccc(-c4ccccc4)cc3)c21.Cn1c2ccccc2c2cccc(-c3ccccc3)c21. The molecule has 0 bridgehead atoms. The fraction of sp³-hybridized carbons (Fsp3) is 0.0382. The minimum absolute atomic E-state index is 1.19. The van der Waals surface area contributed by atoms with Crippen molar-refractivity contribution in [1.82, 2.24) is 22.8 Å². The van der Waals surface area contributed by atoms with E-state index >= 15 is 0 Å². The van der Waals surface area contributed by atoms with Crippen LogP contribution >= 0.6 is 0 Å². The standard InChI is InChI=1S/2C31H23N.2C25H19N.C19H15N/c1-22-9-7-12-26(21-22)32-30-16-6-5-13-28(30)29-15-8-14-27(31(29)32)25-19-17-24(18-20-25)23-10-3-2-4-11-23;1-22-14-20-26(21-15-22)32-30-13-6-5-10-28(30)29-12-7-11-27(31(29)32)25-18-16-24(17-19-25)23-8-3-2-4-9-23;1-18-8-6-9-19(16-18)20-10-7-11-21(17-20)26-24-14-4-2-12-22(24)23-13-3-5-15-25(23)26;1-26-24-13-6-5-10-22(24)23-12-7-11-21(25(23)26)20-16-14-19(15-17-20)18-8-3-2-4-9-18;1-20-18-13-6-5-10-16(18)17-12-7-11-15(19(17)20)14-8-3-2-4-9-14/h2*2-21H,1H3;2*2-17H,1H3;2-13H,1H3. The molecule has 5 aromatic heterocycles. The van der Waals surface area contributed by atoms with Gasteiger partial charge in [-0.3, -0.25) is 0 Å². The number of para-hydroxylation sites is 10. The maximum atomic E-state index is 2.41. The highest BCUT2D eigenvalue weighted by Crippen LogP contribution is 2.44. The predicted molar refractivity (Wildman–Crippen MR) is 581 cm³/mol. The molecular weight excluding hydrogens is 1640 g/mol. The van der Waals surface area contributed by atoms with E-state index in [4.69, 9.17) is 0 Å². The van der Waals surface area contributed by atoms with E-state index in [1.165, 1.54) is 232 Å². The molecule has 0 fully saturated rings. The summed E-state index contributed by atoms with van der Waals surface area (Å²) in [5.41, 5.74) is 40.0. The maximum Gasteiger partial charge on any atom is 0.0619 e. The average molecular weight is 1740 g/mol. The Labute approximate surface area is 793 Å². The third kappa shape index (κ3) is 16.2. The number of benzene rings is 21. The lowest BCUT2D eigenvalue weighted by Gasteiger charge is -2.13. The minimum Gasteiger partial charge on any atom is -0.343 e. The van der Waals surface area contributed by atoms with Crippen molar-refractivity contribution in [1.29, 1.82) is 0 Å². The van der Waals surface area contributed by atoms with Gasteiger partial charge in [0.25, 0.3) is 0 Å². The van der Waals surface area contributed by atoms with Gasteiger partial charge in [-0.05, 0) is 166 Å². The van der Waals surface area contributed by atoms with Crippen LogP contribution in [0.25, 0.3) is 215 Å². The van der Waals surface area contributed by atoms with Gasteiger partial charge in [-0.1, -0.05) is 448 Å². The second kappa shape index (κ2) is 37.1. The van der Waals surface area contributed by atoms with Crippen LogP contribution in [-0.4, -0.2) is 22.8 Å². The highest BCUT2D eigenvalue weighted by molar-refractivity contribution is 6.17. The van der Waals surface area contributed by atoms with Gasteiger partial charge >= 0.3 is 0 Å². The van der Waals surface area contributed by atoms with Gasteiger partial charge in [0.2, 0.25) is 0 Å². The number of nitrogens with zero attached hydrogens (tertiary/aromatic N) is 5. The second-order valence-electron chi connectivity index (χ2n) is 35.3. The monoisotopic (exact) mass is 1740 g/mol. The van der Waals surface area contributed by atoms with Gasteiger partial charge < -0.3 is 22.8 Å². The minimum atomic E-state index is 1.19. The van der Waals surface area contributed by atoms with Crippen molar-refractivity contribution in [3.05, 3.63) is 526 Å². The maximum absolute atomic E-state index is 2.41. The van der Waals surface area contributed by atoms with Crippen molar-refractivity contribution >= 4 is 109 Å². The number of hydrogen-bond donors (Lipinski definition) is 0. The van der Waals surface area contributed by atoms with Crippen LogP contribution in [0, 0.1) is 20.8 Å². The van der Waals surface area contributed by atoms with Crippen molar-refractivity contribution in [2.45, 2.75) is 20.8 Å². The summed E-state index contributed by atoms with van der Waals surface area (Å²) in [6.45, 7) is 6.43. The molecule has 21 aromatic carbocycles. The number of aromatic nitrogens is 5. The Morgan fingerprint density at radius 1 is 0.132 bits per heavy atom. The summed E-state index contributed by atoms with van der Waals surface area (Å²) in [4.78, 5) is 0. The van der Waals surface area contributed by atoms with Crippen molar-refractivity contribution in [2.75, 3.05) is 0 Å². The molecule has 0 aliphatic heterocycles. The predicted octanol–water partition coefficient (Wildman–Crippen LogP) is 35.3. The first kappa shape index (κ1) is 84.2. The molecule has 26 rings (SSSR count). The molecule has 0 spiro atoms. The quantitative estimate of drug-likeness (QED) is 0.123. The van der Waals surface area contributed by atoms with Gasteiger partial charge in [0.15, 0.2) is 0 Å². The summed E-state index contributed by atoms with van der Waals surface area (Å²) in [7, 11) is 4.31. The second-order valence-corrected chi connectivity index (χ2v) is 35.3. The van der Waals surface area contributed by atoms with Crippen LogP contribution in [0.3, 0.4) is 0 Å². The third-order valence-corrected chi connectivity index (χ3v) is 26.8. The lowest BCUT2D eigenvalue weighted by Crippen LogP contribution is -1.96. The average Bonchev–Trinajstić information content (AvgIpc) is 1.59. The van der Waals surface area contributed by atoms with Gasteiger partial charge in [0.1, 0.15) is 0 Å². The molecule has 0 amide bonds. The third-order valence-electron chi connectivity index (χ3n) is 26.8. The van der Waals surface area contributed by atoms with Gasteiger partial charge in [-0.15, -0.1) is 0 Å². The van der Waals surface area contributed by atoms with Crippen LogP contribution in [0.2, 0.25) is 0 Å². The van der Waals surface area contributed by atoms with E-state index in [0.29, 0.717) is 0 Å². The van der Waals surface area contributed by atoms with Crippen LogP contribution in [0.1, 0.15) is 16.7 Å². The van der Waals surface area contributed by atoms with Crippen molar-refractivity contribution < 1.29 is 0 Å². The summed E-state index contributed by atoms with van der Waals surface area (Å²) in [6.07, 6.45) is 0. The molecule has 0 atom stereocenters. The molecule has 5 nitrogen and oxygen atoms in total. The molecule has 136 heavy (non-hydrogen) atoms. The van der Waals surface area contributed by atoms with Crippen LogP contribution in [-0.2, 0) is 14.1 Å². The lowest BCUT2D eigenvalue weighted by atomic mass is 9.98. The summed E-state index contributed by atoms with van der Waals surface area (Å²) in [5.74, 6) is 0. The zero-order valence-corrected chi connectivity index (χ0v) is 76.7. The van der Waals surface area contributed by atoms with Gasteiger partial charge in [-0.25, -0.2) is 0 Å². The fourth-order valence-corrected chi connectivity index (χ4v) is 20.3. The van der Waals surface area contributed by atoms with E-state index in [1.807, 2.05) is 0 Å². The first-order chi connectivity index (χ1) is 67.1. The first-order valence-corrected chi connectivity index (χ1v) is 46.9. The number of rotatable bonds is 11. The van der Waals surface area contributed by atoms with Crippen LogP contribution in [0.5, 0.6) is 0 Å². The molecule has 26 aromatic rings. The number of hydrogen-bond acceptors (Lipinski definition) is 0. The molecule has 0 aliphatic rings. The van der Waals surface area contributed by atoms with E-state index in [0.717, 1.165) is 0 Å². The van der Waals surface area contributed by atoms with Crippen LogP contribution in [0.15, 0.2) is 510 Å². The highest BCUT2D eigenvalue weighted by atomic mass is 15.0. The molecule has 0 saturated heterocycles. The summed E-state index contributed by atoms with van der Waals surface area (Å²) < 4.78 is 11.8. The zero-order valence-electron chi connectivity index (χ0n) is 76.7. The lowest BCUT2D eigenvalue weighted by molar-refractivity contribution is 1.02. The molecule has 648 valence electrons. The van der Waals surface area contributed by atoms with E-state index in [9.17, 15) is 0 Å². The Balaban J connectivity index is 0.0000000993.